The summed E-state index contributed by atoms with van der Waals surface area (Å²) in [5.41, 5.74) is 1.25. The zero-order valence-electron chi connectivity index (χ0n) is 19.2. The van der Waals surface area contributed by atoms with Crippen LogP contribution in [0.3, 0.4) is 0 Å². The highest BCUT2D eigenvalue weighted by Crippen LogP contribution is 2.40. The molecule has 1 aliphatic rings. The lowest BCUT2D eigenvalue weighted by atomic mass is 9.75. The van der Waals surface area contributed by atoms with Gasteiger partial charge < -0.3 is 10.1 Å². The van der Waals surface area contributed by atoms with E-state index in [0.717, 1.165) is 55.2 Å². The van der Waals surface area contributed by atoms with Crippen molar-refractivity contribution < 1.29 is 22.7 Å². The highest BCUT2D eigenvalue weighted by atomic mass is 19.4. The number of hydrogen-bond acceptors (Lipinski definition) is 4. The normalized spacial score (nSPS) is 19.6. The number of rotatable bonds is 6. The van der Waals surface area contributed by atoms with E-state index in [1.54, 1.807) is 24.4 Å². The largest absolute Gasteiger partial charge is 0.481 e. The molecule has 0 saturated heterocycles. The van der Waals surface area contributed by atoms with Gasteiger partial charge in [0.2, 0.25) is 5.88 Å². The Bertz CT molecular complexity index is 1140. The fourth-order valence-corrected chi connectivity index (χ4v) is 4.98. The summed E-state index contributed by atoms with van der Waals surface area (Å²) in [6.45, 7) is 2.07. The van der Waals surface area contributed by atoms with E-state index < -0.39 is 11.7 Å². The van der Waals surface area contributed by atoms with Crippen molar-refractivity contribution >= 4 is 16.8 Å². The number of nitrogens with one attached hydrogen (secondary N) is 1. The number of methoxy groups -OCH3 is 1. The van der Waals surface area contributed by atoms with Crippen LogP contribution in [0.5, 0.6) is 5.88 Å². The van der Waals surface area contributed by atoms with Crippen LogP contribution in [0.15, 0.2) is 48.8 Å². The van der Waals surface area contributed by atoms with E-state index in [-0.39, 0.29) is 17.9 Å². The first-order chi connectivity index (χ1) is 16.3. The molecule has 4 rings (SSSR count). The summed E-state index contributed by atoms with van der Waals surface area (Å²) in [5, 5.41) is 3.94. The summed E-state index contributed by atoms with van der Waals surface area (Å²) >= 11 is 0. The van der Waals surface area contributed by atoms with Crippen LogP contribution < -0.4 is 10.1 Å². The number of amides is 1. The van der Waals surface area contributed by atoms with Gasteiger partial charge in [-0.05, 0) is 73.8 Å². The first-order valence-electron chi connectivity index (χ1n) is 11.6. The van der Waals surface area contributed by atoms with Crippen LogP contribution in [0.25, 0.3) is 10.9 Å². The standard InChI is InChI=1S/C26H28F3N3O2/c1-3-22(32-25(33)18-8-11-24(34-2)31-15-18)17-6-4-16(5-7-17)20-12-13-30-23-14-19(26(27,28)29)9-10-21(20)23/h8-17,22H,3-7H2,1-2H3,(H,32,33)/t16-,17+,22?. The molecule has 0 spiro atoms. The molecule has 5 nitrogen and oxygen atoms in total. The Morgan fingerprint density at radius 3 is 2.50 bits per heavy atom. The second-order valence-corrected chi connectivity index (χ2v) is 8.82. The van der Waals surface area contributed by atoms with E-state index in [9.17, 15) is 18.0 Å². The number of halogens is 3. The third-order valence-electron chi connectivity index (χ3n) is 6.85. The minimum atomic E-state index is -4.38. The Balaban J connectivity index is 1.42. The number of carbonyl (C=O) groups excluding carboxylic acids is 1. The van der Waals surface area contributed by atoms with Crippen LogP contribution in [0.1, 0.15) is 66.4 Å². The molecular formula is C26H28F3N3O2. The lowest BCUT2D eigenvalue weighted by molar-refractivity contribution is -0.137. The maximum absolute atomic E-state index is 13.1. The Morgan fingerprint density at radius 2 is 1.88 bits per heavy atom. The molecule has 1 saturated carbocycles. The Hall–Kier alpha value is -3.16. The molecule has 1 atom stereocenters. The van der Waals surface area contributed by atoms with Crippen molar-refractivity contribution in [3.8, 4) is 5.88 Å². The van der Waals surface area contributed by atoms with Gasteiger partial charge in [-0.25, -0.2) is 4.98 Å². The van der Waals surface area contributed by atoms with Gasteiger partial charge in [0.1, 0.15) is 0 Å². The number of carbonyl (C=O) groups is 1. The highest BCUT2D eigenvalue weighted by Gasteiger charge is 2.32. The van der Waals surface area contributed by atoms with Gasteiger partial charge in [-0.2, -0.15) is 13.2 Å². The number of aromatic nitrogens is 2. The molecule has 1 unspecified atom stereocenters. The topological polar surface area (TPSA) is 64.1 Å². The third kappa shape index (κ3) is 5.16. The lowest BCUT2D eigenvalue weighted by Crippen LogP contribution is -2.41. The lowest BCUT2D eigenvalue weighted by Gasteiger charge is -2.34. The summed E-state index contributed by atoms with van der Waals surface area (Å²) in [6.07, 6.45) is 3.26. The van der Waals surface area contributed by atoms with Gasteiger partial charge in [-0.15, -0.1) is 0 Å². The molecule has 1 aromatic carbocycles. The first kappa shape index (κ1) is 24.0. The minimum Gasteiger partial charge on any atom is -0.481 e. The minimum absolute atomic E-state index is 0.0547. The van der Waals surface area contributed by atoms with E-state index in [4.69, 9.17) is 4.74 Å². The van der Waals surface area contributed by atoms with Crippen LogP contribution in [0, 0.1) is 5.92 Å². The third-order valence-corrected chi connectivity index (χ3v) is 6.85. The maximum atomic E-state index is 13.1. The Kier molecular flexibility index (Phi) is 7.05. The average Bonchev–Trinajstić information content (AvgIpc) is 2.86. The second-order valence-electron chi connectivity index (χ2n) is 8.82. The number of fused-ring (bicyclic) bond motifs is 1. The van der Waals surface area contributed by atoms with Gasteiger partial charge in [0, 0.05) is 29.9 Å². The summed E-state index contributed by atoms with van der Waals surface area (Å²) in [6, 6.07) is 9.15. The zero-order chi connectivity index (χ0) is 24.3. The SMILES string of the molecule is CCC(NC(=O)c1ccc(OC)nc1)[C@H]1CC[C@@H](c2ccnc3cc(C(F)(F)F)ccc32)CC1. The van der Waals surface area contributed by atoms with Crippen molar-refractivity contribution in [3.63, 3.8) is 0 Å². The number of benzene rings is 1. The Morgan fingerprint density at radius 1 is 1.12 bits per heavy atom. The molecule has 1 N–H and O–H groups in total. The number of ether oxygens (including phenoxy) is 1. The van der Waals surface area contributed by atoms with Crippen molar-refractivity contribution in [2.45, 2.75) is 57.2 Å². The summed E-state index contributed by atoms with van der Waals surface area (Å²) < 4.78 is 44.3. The number of hydrogen-bond donors (Lipinski definition) is 1. The molecule has 3 aromatic rings. The predicted octanol–water partition coefficient (Wildman–Crippen LogP) is 6.14. The number of pyridine rings is 2. The monoisotopic (exact) mass is 471 g/mol. The van der Waals surface area contributed by atoms with Crippen LogP contribution in [0.4, 0.5) is 13.2 Å². The van der Waals surface area contributed by atoms with Crippen LogP contribution in [0.2, 0.25) is 0 Å². The predicted molar refractivity (Wildman–Crippen MR) is 124 cm³/mol. The van der Waals surface area contributed by atoms with Gasteiger partial charge in [0.05, 0.1) is 23.8 Å². The summed E-state index contributed by atoms with van der Waals surface area (Å²) in [4.78, 5) is 21.0. The second kappa shape index (κ2) is 9.99. The maximum Gasteiger partial charge on any atom is 0.416 e. The van der Waals surface area contributed by atoms with E-state index >= 15 is 0 Å². The quantitative estimate of drug-likeness (QED) is 0.469. The van der Waals surface area contributed by atoms with Gasteiger partial charge >= 0.3 is 6.18 Å². The fraction of sp³-hybridized carbons (Fsp3) is 0.423. The van der Waals surface area contributed by atoms with Gasteiger partial charge in [-0.3, -0.25) is 9.78 Å². The fourth-order valence-electron chi connectivity index (χ4n) is 4.98. The van der Waals surface area contributed by atoms with E-state index in [1.807, 2.05) is 6.07 Å². The molecule has 2 heterocycles. The molecule has 180 valence electrons. The van der Waals surface area contributed by atoms with E-state index in [2.05, 4.69) is 22.2 Å². The van der Waals surface area contributed by atoms with Crippen LogP contribution >= 0.6 is 0 Å². The molecule has 2 aromatic heterocycles. The number of nitrogens with zero attached hydrogens (tertiary/aromatic N) is 2. The molecule has 8 heteroatoms. The van der Waals surface area contributed by atoms with Crippen LogP contribution in [-0.2, 0) is 6.18 Å². The van der Waals surface area contributed by atoms with Crippen molar-refractivity contribution in [2.75, 3.05) is 7.11 Å². The van der Waals surface area contributed by atoms with Gasteiger partial charge in [0.25, 0.3) is 5.91 Å². The van der Waals surface area contributed by atoms with Crippen LogP contribution in [-0.4, -0.2) is 29.0 Å². The van der Waals surface area contributed by atoms with Crippen molar-refractivity contribution in [2.24, 2.45) is 5.92 Å². The highest BCUT2D eigenvalue weighted by molar-refractivity contribution is 5.94. The molecule has 0 radical (unpaired) electrons. The molecule has 1 amide bonds. The van der Waals surface area contributed by atoms with Crippen molar-refractivity contribution in [1.29, 1.82) is 0 Å². The summed E-state index contributed by atoms with van der Waals surface area (Å²) in [5.74, 6) is 0.920. The Labute approximate surface area is 196 Å². The molecular weight excluding hydrogens is 443 g/mol. The molecule has 0 aliphatic heterocycles. The van der Waals surface area contributed by atoms with Crippen molar-refractivity contribution in [3.05, 3.63) is 65.5 Å². The molecule has 34 heavy (non-hydrogen) atoms. The van der Waals surface area contributed by atoms with Gasteiger partial charge in [-0.1, -0.05) is 13.0 Å². The van der Waals surface area contributed by atoms with E-state index in [0.29, 0.717) is 22.9 Å². The molecule has 1 fully saturated rings. The molecule has 0 bridgehead atoms. The first-order valence-corrected chi connectivity index (χ1v) is 11.6. The number of alkyl halides is 3. The van der Waals surface area contributed by atoms with Gasteiger partial charge in [0.15, 0.2) is 0 Å². The smallest absolute Gasteiger partial charge is 0.416 e. The van der Waals surface area contributed by atoms with Crippen molar-refractivity contribution in [1.82, 2.24) is 15.3 Å². The average molecular weight is 472 g/mol. The summed E-state index contributed by atoms with van der Waals surface area (Å²) in [7, 11) is 1.53. The van der Waals surface area contributed by atoms with E-state index in [1.165, 1.54) is 13.3 Å². The molecule has 1 aliphatic carbocycles. The zero-order valence-corrected chi connectivity index (χ0v) is 19.2.